The fraction of sp³-hybridized carbons (Fsp3) is 0.167. The lowest BCUT2D eigenvalue weighted by Crippen LogP contribution is -2.12. The molecule has 0 unspecified atom stereocenters. The van der Waals surface area contributed by atoms with E-state index in [0.29, 0.717) is 11.1 Å². The fourth-order valence-electron chi connectivity index (χ4n) is 2.90. The normalized spacial score (nSPS) is 11.2. The Morgan fingerprint density at radius 2 is 2.08 bits per heavy atom. The first-order valence-electron chi connectivity index (χ1n) is 7.83. The molecule has 1 aromatic carbocycles. The molecule has 0 radical (unpaired) electrons. The van der Waals surface area contributed by atoms with Gasteiger partial charge < -0.3 is 14.5 Å². The van der Waals surface area contributed by atoms with E-state index >= 15 is 0 Å². The summed E-state index contributed by atoms with van der Waals surface area (Å²) in [6, 6.07) is 9.72. The Bertz CT molecular complexity index is 1060. The van der Waals surface area contributed by atoms with Gasteiger partial charge in [0.15, 0.2) is 5.65 Å². The van der Waals surface area contributed by atoms with Gasteiger partial charge in [-0.3, -0.25) is 4.79 Å². The maximum Gasteiger partial charge on any atom is 0.257 e. The van der Waals surface area contributed by atoms with Crippen molar-refractivity contribution >= 4 is 33.7 Å². The third-order valence-electron chi connectivity index (χ3n) is 4.18. The number of carbonyl (C=O) groups excluding carboxylic acids is 1. The molecule has 0 fully saturated rings. The smallest absolute Gasteiger partial charge is 0.257 e. The summed E-state index contributed by atoms with van der Waals surface area (Å²) in [5.74, 6) is -0.190. The lowest BCUT2D eigenvalue weighted by Gasteiger charge is -2.06. The quantitative estimate of drug-likeness (QED) is 0.630. The molecule has 1 N–H and O–H groups in total. The SMILES string of the molecule is CCn1ccc2cc(NC(=O)c3cnc4c(c3)ncn4C)ccc21. The molecular weight excluding hydrogens is 302 g/mol. The summed E-state index contributed by atoms with van der Waals surface area (Å²) in [4.78, 5) is 21.0. The standard InChI is InChI=1S/C18H17N5O/c1-3-23-7-6-12-8-14(4-5-16(12)23)21-18(24)13-9-15-17(19-10-13)22(2)11-20-15/h4-11H,3H2,1-2H3,(H,21,24). The second kappa shape index (κ2) is 5.49. The molecule has 0 saturated heterocycles. The second-order valence-corrected chi connectivity index (χ2v) is 5.75. The number of pyridine rings is 1. The highest BCUT2D eigenvalue weighted by atomic mass is 16.1. The summed E-state index contributed by atoms with van der Waals surface area (Å²) in [5, 5.41) is 4.03. The van der Waals surface area contributed by atoms with Crippen LogP contribution in [0.1, 0.15) is 17.3 Å². The van der Waals surface area contributed by atoms with Gasteiger partial charge in [0.25, 0.3) is 5.91 Å². The van der Waals surface area contributed by atoms with Crippen molar-refractivity contribution in [2.75, 3.05) is 5.32 Å². The number of benzene rings is 1. The van der Waals surface area contributed by atoms with Crippen LogP contribution in [0.2, 0.25) is 0 Å². The van der Waals surface area contributed by atoms with Crippen molar-refractivity contribution in [3.63, 3.8) is 0 Å². The van der Waals surface area contributed by atoms with Crippen LogP contribution in [0.15, 0.2) is 49.1 Å². The molecule has 0 aliphatic heterocycles. The number of anilines is 1. The molecule has 6 heteroatoms. The molecule has 24 heavy (non-hydrogen) atoms. The highest BCUT2D eigenvalue weighted by molar-refractivity contribution is 6.06. The number of amides is 1. The van der Waals surface area contributed by atoms with Crippen LogP contribution >= 0.6 is 0 Å². The Kier molecular flexibility index (Phi) is 3.30. The highest BCUT2D eigenvalue weighted by Crippen LogP contribution is 2.21. The predicted molar refractivity (Wildman–Crippen MR) is 94.1 cm³/mol. The van der Waals surface area contributed by atoms with Crippen molar-refractivity contribution in [1.82, 2.24) is 19.1 Å². The zero-order chi connectivity index (χ0) is 16.7. The molecule has 6 nitrogen and oxygen atoms in total. The van der Waals surface area contributed by atoms with Crippen LogP contribution in [0, 0.1) is 0 Å². The summed E-state index contributed by atoms with van der Waals surface area (Å²) >= 11 is 0. The Morgan fingerprint density at radius 1 is 1.21 bits per heavy atom. The average molecular weight is 319 g/mol. The van der Waals surface area contributed by atoms with Gasteiger partial charge in [0, 0.05) is 42.6 Å². The molecule has 3 aromatic heterocycles. The van der Waals surface area contributed by atoms with Gasteiger partial charge >= 0.3 is 0 Å². The van der Waals surface area contributed by atoms with Crippen molar-refractivity contribution in [2.45, 2.75) is 13.5 Å². The van der Waals surface area contributed by atoms with E-state index in [2.05, 4.69) is 39.0 Å². The lowest BCUT2D eigenvalue weighted by atomic mass is 10.2. The maximum atomic E-state index is 12.5. The van der Waals surface area contributed by atoms with E-state index in [1.165, 1.54) is 0 Å². The molecular formula is C18H17N5O. The van der Waals surface area contributed by atoms with Crippen molar-refractivity contribution in [3.05, 3.63) is 54.6 Å². The molecule has 0 bridgehead atoms. The fourth-order valence-corrected chi connectivity index (χ4v) is 2.90. The van der Waals surface area contributed by atoms with E-state index < -0.39 is 0 Å². The Hall–Kier alpha value is -3.15. The molecule has 120 valence electrons. The van der Waals surface area contributed by atoms with Crippen LogP contribution in [0.5, 0.6) is 0 Å². The number of hydrogen-bond acceptors (Lipinski definition) is 3. The largest absolute Gasteiger partial charge is 0.348 e. The van der Waals surface area contributed by atoms with Crippen molar-refractivity contribution < 1.29 is 4.79 Å². The molecule has 4 rings (SSSR count). The predicted octanol–water partition coefficient (Wildman–Crippen LogP) is 3.20. The Morgan fingerprint density at radius 3 is 2.92 bits per heavy atom. The minimum atomic E-state index is -0.190. The van der Waals surface area contributed by atoms with Gasteiger partial charge in [0.05, 0.1) is 11.9 Å². The summed E-state index contributed by atoms with van der Waals surface area (Å²) < 4.78 is 3.99. The third-order valence-corrected chi connectivity index (χ3v) is 4.18. The van der Waals surface area contributed by atoms with Crippen molar-refractivity contribution in [2.24, 2.45) is 7.05 Å². The van der Waals surface area contributed by atoms with E-state index in [0.717, 1.165) is 28.8 Å². The van der Waals surface area contributed by atoms with Gasteiger partial charge in [-0.2, -0.15) is 0 Å². The van der Waals surface area contributed by atoms with Gasteiger partial charge in [0.2, 0.25) is 0 Å². The zero-order valence-corrected chi connectivity index (χ0v) is 13.5. The summed E-state index contributed by atoms with van der Waals surface area (Å²) in [7, 11) is 1.87. The summed E-state index contributed by atoms with van der Waals surface area (Å²) in [6.45, 7) is 3.03. The van der Waals surface area contributed by atoms with Gasteiger partial charge in [0.1, 0.15) is 5.52 Å². The number of rotatable bonds is 3. The number of carbonyl (C=O) groups is 1. The minimum Gasteiger partial charge on any atom is -0.348 e. The number of fused-ring (bicyclic) bond motifs is 2. The summed E-state index contributed by atoms with van der Waals surface area (Å²) in [6.07, 6.45) is 5.31. The Balaban J connectivity index is 1.62. The molecule has 4 aromatic rings. The number of hydrogen-bond donors (Lipinski definition) is 1. The van der Waals surface area contributed by atoms with E-state index in [1.807, 2.05) is 29.8 Å². The monoisotopic (exact) mass is 319 g/mol. The number of nitrogens with one attached hydrogen (secondary N) is 1. The summed E-state index contributed by atoms with van der Waals surface area (Å²) in [5.41, 5.74) is 3.89. The Labute approximate surface area is 138 Å². The van der Waals surface area contributed by atoms with Gasteiger partial charge in [-0.1, -0.05) is 0 Å². The van der Waals surface area contributed by atoms with Gasteiger partial charge in [-0.25, -0.2) is 9.97 Å². The molecule has 0 saturated carbocycles. The van der Waals surface area contributed by atoms with Gasteiger partial charge in [-0.15, -0.1) is 0 Å². The molecule has 0 spiro atoms. The van der Waals surface area contributed by atoms with Crippen molar-refractivity contribution in [3.8, 4) is 0 Å². The third kappa shape index (κ3) is 2.32. The van der Waals surface area contributed by atoms with Crippen LogP contribution < -0.4 is 5.32 Å². The molecule has 3 heterocycles. The lowest BCUT2D eigenvalue weighted by molar-refractivity contribution is 0.102. The topological polar surface area (TPSA) is 64.7 Å². The number of aromatic nitrogens is 4. The van der Waals surface area contributed by atoms with Crippen LogP contribution in [0.4, 0.5) is 5.69 Å². The van der Waals surface area contributed by atoms with Crippen LogP contribution in [-0.2, 0) is 13.6 Å². The minimum absolute atomic E-state index is 0.190. The first-order chi connectivity index (χ1) is 11.7. The first kappa shape index (κ1) is 14.4. The average Bonchev–Trinajstić information content (AvgIpc) is 3.17. The van der Waals surface area contributed by atoms with Crippen molar-refractivity contribution in [1.29, 1.82) is 0 Å². The highest BCUT2D eigenvalue weighted by Gasteiger charge is 2.10. The number of imidazole rings is 1. The van der Waals surface area contributed by atoms with E-state index in [1.54, 1.807) is 18.6 Å². The maximum absolute atomic E-state index is 12.5. The zero-order valence-electron chi connectivity index (χ0n) is 13.5. The first-order valence-corrected chi connectivity index (χ1v) is 7.83. The number of nitrogens with zero attached hydrogens (tertiary/aromatic N) is 4. The second-order valence-electron chi connectivity index (χ2n) is 5.75. The van der Waals surface area contributed by atoms with E-state index in [9.17, 15) is 4.79 Å². The van der Waals surface area contributed by atoms with E-state index in [-0.39, 0.29) is 5.91 Å². The molecule has 0 atom stereocenters. The molecule has 0 aliphatic carbocycles. The van der Waals surface area contributed by atoms with Crippen LogP contribution in [0.25, 0.3) is 22.1 Å². The van der Waals surface area contributed by atoms with Gasteiger partial charge in [-0.05, 0) is 37.3 Å². The van der Waals surface area contributed by atoms with E-state index in [4.69, 9.17) is 0 Å². The van der Waals surface area contributed by atoms with Crippen LogP contribution in [0.3, 0.4) is 0 Å². The number of aryl methyl sites for hydroxylation is 2. The molecule has 0 aliphatic rings. The molecule has 1 amide bonds. The van der Waals surface area contributed by atoms with Crippen LogP contribution in [-0.4, -0.2) is 25.0 Å².